The molecule has 0 saturated heterocycles. The van der Waals surface area contributed by atoms with Gasteiger partial charge in [-0.1, -0.05) is 24.3 Å². The number of nitrogens with one attached hydrogen (secondary N) is 2. The van der Waals surface area contributed by atoms with E-state index in [1.165, 1.54) is 36.4 Å². The summed E-state index contributed by atoms with van der Waals surface area (Å²) in [6.45, 7) is 3.41. The summed E-state index contributed by atoms with van der Waals surface area (Å²) >= 11 is 0. The van der Waals surface area contributed by atoms with Crippen LogP contribution in [0.4, 0.5) is 18.9 Å². The summed E-state index contributed by atoms with van der Waals surface area (Å²) in [6.07, 6.45) is -3.20. The van der Waals surface area contributed by atoms with Gasteiger partial charge in [0.25, 0.3) is 11.8 Å². The minimum atomic E-state index is -4.75. The second-order valence-corrected chi connectivity index (χ2v) is 6.90. The summed E-state index contributed by atoms with van der Waals surface area (Å²) in [6, 6.07) is 11.7. The fourth-order valence-electron chi connectivity index (χ4n) is 3.18. The summed E-state index contributed by atoms with van der Waals surface area (Å²) in [5.41, 5.74) is -1.05. The molecule has 2 aromatic carbocycles. The highest BCUT2D eigenvalue weighted by molar-refractivity contribution is 6.08. The summed E-state index contributed by atoms with van der Waals surface area (Å²) in [5.74, 6) is -1.33. The Bertz CT molecular complexity index is 1120. The number of aromatic nitrogens is 1. The Kier molecular flexibility index (Phi) is 7.42. The lowest BCUT2D eigenvalue weighted by Crippen LogP contribution is -2.25. The number of rotatable bonds is 8. The molecule has 0 radical (unpaired) electrons. The lowest BCUT2D eigenvalue weighted by Gasteiger charge is -2.15. The summed E-state index contributed by atoms with van der Waals surface area (Å²) in [7, 11) is 0. The number of halogens is 3. The van der Waals surface area contributed by atoms with Gasteiger partial charge in [0.1, 0.15) is 0 Å². The fourth-order valence-corrected chi connectivity index (χ4v) is 3.18. The maximum absolute atomic E-state index is 13.8. The van der Waals surface area contributed by atoms with Crippen LogP contribution in [-0.4, -0.2) is 36.6 Å². The van der Waals surface area contributed by atoms with Gasteiger partial charge in [0.15, 0.2) is 0 Å². The van der Waals surface area contributed by atoms with Gasteiger partial charge in [-0.3, -0.25) is 14.6 Å². The zero-order chi connectivity index (χ0) is 23.1. The number of pyridine rings is 1. The molecule has 0 bridgehead atoms. The van der Waals surface area contributed by atoms with Crippen LogP contribution in [0, 0.1) is 0 Å². The lowest BCUT2D eigenvalue weighted by molar-refractivity contribution is -0.136. The van der Waals surface area contributed by atoms with Crippen LogP contribution in [0.1, 0.15) is 39.6 Å². The van der Waals surface area contributed by atoms with E-state index in [4.69, 9.17) is 4.74 Å². The van der Waals surface area contributed by atoms with Crippen molar-refractivity contribution in [3.05, 3.63) is 71.4 Å². The zero-order valence-corrected chi connectivity index (χ0v) is 17.3. The Morgan fingerprint density at radius 1 is 1.06 bits per heavy atom. The molecular formula is C23H22F3N3O3. The number of ether oxygens (including phenoxy) is 1. The molecule has 6 nitrogen and oxygen atoms in total. The Hall–Kier alpha value is -3.46. The molecule has 0 fully saturated rings. The summed E-state index contributed by atoms with van der Waals surface area (Å²) < 4.78 is 46.5. The third-order valence-electron chi connectivity index (χ3n) is 4.64. The molecule has 168 valence electrons. The molecule has 0 aliphatic carbocycles. The topological polar surface area (TPSA) is 80.3 Å². The van der Waals surface area contributed by atoms with Gasteiger partial charge in [0, 0.05) is 42.6 Å². The van der Waals surface area contributed by atoms with Gasteiger partial charge in [-0.05, 0) is 37.6 Å². The van der Waals surface area contributed by atoms with Crippen molar-refractivity contribution in [2.24, 2.45) is 0 Å². The average molecular weight is 445 g/mol. The lowest BCUT2D eigenvalue weighted by atomic mass is 10.0. The van der Waals surface area contributed by atoms with Gasteiger partial charge in [0.05, 0.1) is 16.6 Å². The van der Waals surface area contributed by atoms with E-state index in [1.807, 2.05) is 6.92 Å². The number of carbonyl (C=O) groups excluding carboxylic acids is 2. The van der Waals surface area contributed by atoms with Crippen molar-refractivity contribution in [1.82, 2.24) is 10.3 Å². The molecule has 1 aromatic heterocycles. The van der Waals surface area contributed by atoms with E-state index in [1.54, 1.807) is 12.1 Å². The maximum Gasteiger partial charge on any atom is 0.417 e. The Morgan fingerprint density at radius 3 is 2.59 bits per heavy atom. The number of hydrogen-bond donors (Lipinski definition) is 2. The van der Waals surface area contributed by atoms with E-state index in [9.17, 15) is 22.8 Å². The molecule has 1 heterocycles. The fraction of sp³-hybridized carbons (Fsp3) is 0.261. The van der Waals surface area contributed by atoms with Gasteiger partial charge in [-0.2, -0.15) is 13.2 Å². The second-order valence-electron chi connectivity index (χ2n) is 6.90. The van der Waals surface area contributed by atoms with Crippen molar-refractivity contribution < 1.29 is 27.5 Å². The monoisotopic (exact) mass is 445 g/mol. The van der Waals surface area contributed by atoms with Gasteiger partial charge in [-0.25, -0.2) is 0 Å². The predicted octanol–water partition coefficient (Wildman–Crippen LogP) is 4.66. The quantitative estimate of drug-likeness (QED) is 0.494. The van der Waals surface area contributed by atoms with Crippen LogP contribution in [0.2, 0.25) is 0 Å². The summed E-state index contributed by atoms with van der Waals surface area (Å²) in [5, 5.41) is 5.01. The molecule has 0 spiro atoms. The van der Waals surface area contributed by atoms with E-state index in [0.717, 1.165) is 6.20 Å². The van der Waals surface area contributed by atoms with Crippen LogP contribution in [0.15, 0.2) is 54.7 Å². The third-order valence-corrected chi connectivity index (χ3v) is 4.64. The molecule has 9 heteroatoms. The van der Waals surface area contributed by atoms with Crippen molar-refractivity contribution in [2.75, 3.05) is 25.1 Å². The second kappa shape index (κ2) is 10.2. The van der Waals surface area contributed by atoms with Crippen LogP contribution in [0.3, 0.4) is 0 Å². The van der Waals surface area contributed by atoms with Gasteiger partial charge in [-0.15, -0.1) is 0 Å². The highest BCUT2D eigenvalue weighted by atomic mass is 19.4. The van der Waals surface area contributed by atoms with Crippen LogP contribution in [0.5, 0.6) is 0 Å². The smallest absolute Gasteiger partial charge is 0.382 e. The third kappa shape index (κ3) is 5.61. The van der Waals surface area contributed by atoms with Crippen molar-refractivity contribution in [2.45, 2.75) is 19.5 Å². The molecule has 2 N–H and O–H groups in total. The first-order valence-corrected chi connectivity index (χ1v) is 10.0. The van der Waals surface area contributed by atoms with Crippen molar-refractivity contribution in [1.29, 1.82) is 0 Å². The number of amides is 2. The number of fused-ring (bicyclic) bond motifs is 1. The number of para-hydroxylation sites is 1. The maximum atomic E-state index is 13.8. The molecule has 0 atom stereocenters. The van der Waals surface area contributed by atoms with Gasteiger partial charge in [0.2, 0.25) is 0 Å². The zero-order valence-electron chi connectivity index (χ0n) is 17.3. The van der Waals surface area contributed by atoms with E-state index >= 15 is 0 Å². The molecule has 32 heavy (non-hydrogen) atoms. The SMILES string of the molecule is CCOCCCNC(=O)c1cccc(NC(=O)c2cnc3ccccc3c2C(F)(F)F)c1. The summed E-state index contributed by atoms with van der Waals surface area (Å²) in [4.78, 5) is 29.0. The first-order chi connectivity index (χ1) is 15.3. The predicted molar refractivity (Wildman–Crippen MR) is 115 cm³/mol. The number of carbonyl (C=O) groups is 2. The minimum Gasteiger partial charge on any atom is -0.382 e. The highest BCUT2D eigenvalue weighted by Crippen LogP contribution is 2.37. The molecular weight excluding hydrogens is 423 g/mol. The van der Waals surface area contributed by atoms with E-state index in [0.29, 0.717) is 26.2 Å². The molecule has 3 aromatic rings. The molecule has 0 unspecified atom stereocenters. The minimum absolute atomic E-state index is 0.138. The number of benzene rings is 2. The standard InChI is InChI=1S/C23H22F3N3O3/c1-2-32-12-6-11-27-21(30)15-7-5-8-16(13-15)29-22(31)18-14-28-19-10-4-3-9-17(19)20(18)23(24,25)26/h3-5,7-10,13-14H,2,6,11-12H2,1H3,(H,27,30)(H,29,31). The van der Waals surface area contributed by atoms with E-state index in [-0.39, 0.29) is 28.1 Å². The normalized spacial score (nSPS) is 11.4. The molecule has 3 rings (SSSR count). The number of nitrogens with zero attached hydrogens (tertiary/aromatic N) is 1. The Labute approximate surface area is 182 Å². The first-order valence-electron chi connectivity index (χ1n) is 10.0. The Morgan fingerprint density at radius 2 is 1.84 bits per heavy atom. The van der Waals surface area contributed by atoms with Gasteiger partial charge >= 0.3 is 6.18 Å². The van der Waals surface area contributed by atoms with Crippen molar-refractivity contribution in [3.8, 4) is 0 Å². The van der Waals surface area contributed by atoms with Crippen molar-refractivity contribution in [3.63, 3.8) is 0 Å². The number of anilines is 1. The molecule has 0 aliphatic rings. The molecule has 0 saturated carbocycles. The van der Waals surface area contributed by atoms with Crippen LogP contribution in [-0.2, 0) is 10.9 Å². The largest absolute Gasteiger partial charge is 0.417 e. The molecule has 2 amide bonds. The van der Waals surface area contributed by atoms with E-state index < -0.39 is 23.2 Å². The van der Waals surface area contributed by atoms with Crippen LogP contribution >= 0.6 is 0 Å². The molecule has 0 aliphatic heterocycles. The van der Waals surface area contributed by atoms with E-state index in [2.05, 4.69) is 15.6 Å². The number of hydrogen-bond acceptors (Lipinski definition) is 4. The highest BCUT2D eigenvalue weighted by Gasteiger charge is 2.37. The van der Waals surface area contributed by atoms with Gasteiger partial charge < -0.3 is 15.4 Å². The van der Waals surface area contributed by atoms with Crippen LogP contribution < -0.4 is 10.6 Å². The van der Waals surface area contributed by atoms with Crippen molar-refractivity contribution >= 4 is 28.4 Å². The number of alkyl halides is 3. The Balaban J connectivity index is 1.79. The average Bonchev–Trinajstić information content (AvgIpc) is 2.77. The van der Waals surface area contributed by atoms with Crippen LogP contribution in [0.25, 0.3) is 10.9 Å². The first kappa shape index (κ1) is 23.2.